The zero-order valence-corrected chi connectivity index (χ0v) is 17.7. The van der Waals surface area contributed by atoms with Crippen molar-refractivity contribution in [2.24, 2.45) is 10.4 Å². The number of nitrogens with one attached hydrogen (secondary N) is 1. The monoisotopic (exact) mass is 391 g/mol. The first-order chi connectivity index (χ1) is 13.1. The lowest BCUT2D eigenvalue weighted by molar-refractivity contribution is -0.138. The van der Waals surface area contributed by atoms with Crippen molar-refractivity contribution in [2.75, 3.05) is 58.3 Å². The Bertz CT molecular complexity index is 629. The van der Waals surface area contributed by atoms with Crippen molar-refractivity contribution in [3.05, 3.63) is 17.5 Å². The van der Waals surface area contributed by atoms with Gasteiger partial charge in [0.1, 0.15) is 0 Å². The van der Waals surface area contributed by atoms with E-state index < -0.39 is 0 Å². The molecule has 0 bridgehead atoms. The van der Waals surface area contributed by atoms with Crippen LogP contribution in [0.5, 0.6) is 0 Å². The maximum Gasteiger partial charge on any atom is 0.230 e. The van der Waals surface area contributed by atoms with Crippen LogP contribution < -0.4 is 10.2 Å². The van der Waals surface area contributed by atoms with Gasteiger partial charge >= 0.3 is 0 Å². The molecule has 7 heteroatoms. The van der Waals surface area contributed by atoms with E-state index in [4.69, 9.17) is 4.99 Å². The van der Waals surface area contributed by atoms with Crippen LogP contribution >= 0.6 is 11.3 Å². The molecule has 1 aliphatic heterocycles. The molecule has 0 unspecified atom stereocenters. The maximum atomic E-state index is 12.8. The second-order valence-electron chi connectivity index (χ2n) is 7.78. The fourth-order valence-corrected chi connectivity index (χ4v) is 4.99. The average molecular weight is 392 g/mol. The number of nitrogens with zero attached hydrogens (tertiary/aromatic N) is 4. The molecule has 1 saturated heterocycles. The van der Waals surface area contributed by atoms with E-state index in [1.165, 1.54) is 5.00 Å². The third kappa shape index (κ3) is 4.57. The number of anilines is 1. The van der Waals surface area contributed by atoms with E-state index in [9.17, 15) is 4.79 Å². The van der Waals surface area contributed by atoms with E-state index in [0.29, 0.717) is 6.54 Å². The summed E-state index contributed by atoms with van der Waals surface area (Å²) in [4.78, 5) is 24.3. The summed E-state index contributed by atoms with van der Waals surface area (Å²) in [6.07, 6.45) is 4.18. The number of aliphatic imine (C=N–C) groups is 1. The van der Waals surface area contributed by atoms with Crippen molar-refractivity contribution < 1.29 is 4.79 Å². The van der Waals surface area contributed by atoms with Crippen LogP contribution in [-0.2, 0) is 4.79 Å². The Balaban J connectivity index is 1.67. The molecule has 1 aromatic rings. The van der Waals surface area contributed by atoms with Crippen LogP contribution in [0.4, 0.5) is 5.00 Å². The number of amides is 1. The maximum absolute atomic E-state index is 12.8. The van der Waals surface area contributed by atoms with Crippen LogP contribution in [0, 0.1) is 5.41 Å². The van der Waals surface area contributed by atoms with Crippen molar-refractivity contribution in [1.29, 1.82) is 0 Å². The Morgan fingerprint density at radius 2 is 1.96 bits per heavy atom. The molecule has 1 N–H and O–H groups in total. The smallest absolute Gasteiger partial charge is 0.230 e. The summed E-state index contributed by atoms with van der Waals surface area (Å²) in [5, 5.41) is 6.93. The number of carbonyl (C=O) groups excluding carboxylic acids is 1. The molecule has 0 aromatic carbocycles. The Hall–Kier alpha value is -1.76. The van der Waals surface area contributed by atoms with Gasteiger partial charge in [-0.05, 0) is 37.3 Å². The van der Waals surface area contributed by atoms with E-state index in [1.54, 1.807) is 16.2 Å². The molecule has 1 aromatic heterocycles. The van der Waals surface area contributed by atoms with E-state index in [1.807, 2.05) is 14.1 Å². The minimum absolute atomic E-state index is 0.238. The third-order valence-corrected chi connectivity index (χ3v) is 6.61. The van der Waals surface area contributed by atoms with Gasteiger partial charge in [-0.15, -0.1) is 11.3 Å². The number of piperazine rings is 1. The first-order valence-electron chi connectivity index (χ1n) is 10.1. The predicted octanol–water partition coefficient (Wildman–Crippen LogP) is 2.48. The van der Waals surface area contributed by atoms with Gasteiger partial charge in [0.25, 0.3) is 0 Å². The SMILES string of the molecule is CCNC(=NCC1(C(=O)N(C)C)CCCC1)N1CCN(c2cccs2)CC1. The number of thiophene rings is 1. The van der Waals surface area contributed by atoms with Crippen LogP contribution in [-0.4, -0.2) is 75.0 Å². The molecule has 1 aliphatic carbocycles. The van der Waals surface area contributed by atoms with Crippen molar-refractivity contribution in [3.63, 3.8) is 0 Å². The Kier molecular flexibility index (Phi) is 6.63. The van der Waals surface area contributed by atoms with Crippen LogP contribution in [0.15, 0.2) is 22.5 Å². The molecule has 0 spiro atoms. The second kappa shape index (κ2) is 8.95. The van der Waals surface area contributed by atoms with Crippen molar-refractivity contribution in [2.45, 2.75) is 32.6 Å². The minimum atomic E-state index is -0.303. The van der Waals surface area contributed by atoms with E-state index in [0.717, 1.165) is 64.4 Å². The summed E-state index contributed by atoms with van der Waals surface area (Å²) in [7, 11) is 3.72. The Morgan fingerprint density at radius 3 is 2.52 bits per heavy atom. The van der Waals surface area contributed by atoms with Crippen molar-refractivity contribution in [3.8, 4) is 0 Å². The van der Waals surface area contributed by atoms with E-state index in [2.05, 4.69) is 39.6 Å². The lowest BCUT2D eigenvalue weighted by Crippen LogP contribution is -2.53. The lowest BCUT2D eigenvalue weighted by atomic mass is 9.85. The summed E-state index contributed by atoms with van der Waals surface area (Å²) >= 11 is 1.80. The molecule has 1 amide bonds. The Labute approximate surface area is 167 Å². The predicted molar refractivity (Wildman–Crippen MR) is 114 cm³/mol. The average Bonchev–Trinajstić information content (AvgIpc) is 3.37. The molecule has 3 rings (SSSR count). The van der Waals surface area contributed by atoms with Crippen LogP contribution in [0.3, 0.4) is 0 Å². The molecule has 150 valence electrons. The molecule has 2 heterocycles. The fourth-order valence-electron chi connectivity index (χ4n) is 4.21. The van der Waals surface area contributed by atoms with Gasteiger partial charge in [-0.1, -0.05) is 12.8 Å². The Morgan fingerprint density at radius 1 is 1.26 bits per heavy atom. The highest BCUT2D eigenvalue weighted by Gasteiger charge is 2.42. The number of hydrogen-bond acceptors (Lipinski definition) is 4. The summed E-state index contributed by atoms with van der Waals surface area (Å²) < 4.78 is 0. The van der Waals surface area contributed by atoms with Crippen LogP contribution in [0.1, 0.15) is 32.6 Å². The standard InChI is InChI=1S/C20H33N5OS/c1-4-21-19(22-16-20(9-5-6-10-20)18(26)23(2)3)25-13-11-24(12-14-25)17-8-7-15-27-17/h7-8,15H,4-6,9-14,16H2,1-3H3,(H,21,22). The third-order valence-electron chi connectivity index (χ3n) is 5.68. The molecule has 0 radical (unpaired) electrons. The van der Waals surface area contributed by atoms with Gasteiger partial charge in [0.05, 0.1) is 17.0 Å². The molecular weight excluding hydrogens is 358 g/mol. The number of hydrogen-bond donors (Lipinski definition) is 1. The van der Waals surface area contributed by atoms with Gasteiger partial charge in [-0.3, -0.25) is 9.79 Å². The largest absolute Gasteiger partial charge is 0.360 e. The first-order valence-corrected chi connectivity index (χ1v) is 11.0. The topological polar surface area (TPSA) is 51.2 Å². The summed E-state index contributed by atoms with van der Waals surface area (Å²) in [6, 6.07) is 4.30. The van der Waals surface area contributed by atoms with Crippen LogP contribution in [0.2, 0.25) is 0 Å². The highest BCUT2D eigenvalue weighted by Crippen LogP contribution is 2.39. The molecule has 2 fully saturated rings. The van der Waals surface area contributed by atoms with Gasteiger partial charge < -0.3 is 20.0 Å². The van der Waals surface area contributed by atoms with Crippen LogP contribution in [0.25, 0.3) is 0 Å². The summed E-state index contributed by atoms with van der Waals surface area (Å²) in [5.41, 5.74) is -0.303. The zero-order chi connectivity index (χ0) is 19.3. The van der Waals surface area contributed by atoms with E-state index >= 15 is 0 Å². The van der Waals surface area contributed by atoms with Gasteiger partial charge in [-0.25, -0.2) is 0 Å². The molecule has 27 heavy (non-hydrogen) atoms. The summed E-state index contributed by atoms with van der Waals surface area (Å²) in [6.45, 7) is 7.47. The molecule has 2 aliphatic rings. The van der Waals surface area contributed by atoms with Crippen molar-refractivity contribution >= 4 is 28.2 Å². The number of rotatable bonds is 5. The van der Waals surface area contributed by atoms with Crippen molar-refractivity contribution in [1.82, 2.24) is 15.1 Å². The first kappa shape index (κ1) is 20.0. The quantitative estimate of drug-likeness (QED) is 0.619. The zero-order valence-electron chi connectivity index (χ0n) is 16.9. The van der Waals surface area contributed by atoms with E-state index in [-0.39, 0.29) is 11.3 Å². The summed E-state index contributed by atoms with van der Waals surface area (Å²) in [5.74, 6) is 1.20. The van der Waals surface area contributed by atoms with Gasteiger partial charge in [0, 0.05) is 46.8 Å². The normalized spacial score (nSPS) is 20.0. The molecular formula is C20H33N5OS. The fraction of sp³-hybridized carbons (Fsp3) is 0.700. The van der Waals surface area contributed by atoms with Gasteiger partial charge in [0.15, 0.2) is 5.96 Å². The molecule has 1 saturated carbocycles. The second-order valence-corrected chi connectivity index (χ2v) is 8.71. The molecule has 6 nitrogen and oxygen atoms in total. The highest BCUT2D eigenvalue weighted by molar-refractivity contribution is 7.14. The lowest BCUT2D eigenvalue weighted by Gasteiger charge is -2.37. The minimum Gasteiger partial charge on any atom is -0.360 e. The molecule has 0 atom stereocenters. The van der Waals surface area contributed by atoms with Gasteiger partial charge in [-0.2, -0.15) is 0 Å². The number of guanidine groups is 1. The van der Waals surface area contributed by atoms with Gasteiger partial charge in [0.2, 0.25) is 5.91 Å². The highest BCUT2D eigenvalue weighted by atomic mass is 32.1. The number of carbonyl (C=O) groups is 1.